The molecule has 0 aromatic heterocycles. The van der Waals surface area contributed by atoms with Gasteiger partial charge in [0.1, 0.15) is 6.04 Å². The number of aliphatic carboxylic acids is 1. The highest BCUT2D eigenvalue weighted by atomic mass is 28.3. The summed E-state index contributed by atoms with van der Waals surface area (Å²) in [6, 6.07) is -0.459. The summed E-state index contributed by atoms with van der Waals surface area (Å²) in [7, 11) is -1.22. The van der Waals surface area contributed by atoms with Crippen molar-refractivity contribution in [2.24, 2.45) is 11.3 Å². The molecule has 94 valence electrons. The minimum absolute atomic E-state index is 0.143. The minimum Gasteiger partial charge on any atom is -0.480 e. The van der Waals surface area contributed by atoms with Crippen LogP contribution in [0.2, 0.25) is 13.1 Å². The molecule has 1 rings (SSSR count). The molecule has 1 saturated heterocycles. The molecule has 1 aliphatic heterocycles. The van der Waals surface area contributed by atoms with E-state index in [0.717, 1.165) is 6.54 Å². The maximum Gasteiger partial charge on any atom is 0.323 e. The normalized spacial score (nSPS) is 27.6. The van der Waals surface area contributed by atoms with E-state index < -0.39 is 21.1 Å². The quantitative estimate of drug-likeness (QED) is 0.769. The third kappa shape index (κ3) is 3.30. The summed E-state index contributed by atoms with van der Waals surface area (Å²) in [5.74, 6) is -0.372. The lowest BCUT2D eigenvalue weighted by Gasteiger charge is -2.27. The number of hydrogen-bond acceptors (Lipinski definition) is 3. The first kappa shape index (κ1) is 13.7. The van der Waals surface area contributed by atoms with E-state index in [2.05, 4.69) is 33.9 Å². The van der Waals surface area contributed by atoms with E-state index in [0.29, 0.717) is 12.3 Å². The van der Waals surface area contributed by atoms with Crippen LogP contribution < -0.4 is 0 Å². The van der Waals surface area contributed by atoms with Gasteiger partial charge in [0.25, 0.3) is 0 Å². The van der Waals surface area contributed by atoms with Crippen LogP contribution in [0, 0.1) is 11.3 Å². The summed E-state index contributed by atoms with van der Waals surface area (Å²) in [4.78, 5) is 11.2. The molecule has 4 nitrogen and oxygen atoms in total. The number of nitrogens with zero attached hydrogens (tertiary/aromatic N) is 1. The first-order valence-corrected chi connectivity index (χ1v) is 8.66. The molecule has 1 fully saturated rings. The fraction of sp³-hybridized carbons (Fsp3) is 0.909. The molecule has 1 N–H and O–H groups in total. The van der Waals surface area contributed by atoms with Crippen LogP contribution in [0.25, 0.3) is 0 Å². The fourth-order valence-corrected chi connectivity index (χ4v) is 2.82. The van der Waals surface area contributed by atoms with E-state index in [4.69, 9.17) is 4.53 Å². The molecule has 1 unspecified atom stereocenters. The van der Waals surface area contributed by atoms with Crippen LogP contribution in [-0.4, -0.2) is 37.8 Å². The zero-order valence-electron chi connectivity index (χ0n) is 10.9. The third-order valence-corrected chi connectivity index (χ3v) is 3.80. The van der Waals surface area contributed by atoms with Crippen LogP contribution >= 0.6 is 0 Å². The number of hydrogen-bond donors (Lipinski definition) is 1. The topological polar surface area (TPSA) is 49.8 Å². The Balaban J connectivity index is 2.72. The fourth-order valence-electron chi connectivity index (χ4n) is 2.04. The van der Waals surface area contributed by atoms with E-state index in [1.165, 1.54) is 0 Å². The van der Waals surface area contributed by atoms with E-state index >= 15 is 0 Å². The molecule has 0 aromatic carbocycles. The van der Waals surface area contributed by atoms with Crippen molar-refractivity contribution in [3.05, 3.63) is 0 Å². The van der Waals surface area contributed by atoms with Gasteiger partial charge in [0, 0.05) is 6.54 Å². The number of carboxylic acids is 1. The van der Waals surface area contributed by atoms with Gasteiger partial charge in [0.05, 0.1) is 0 Å². The zero-order valence-corrected chi connectivity index (χ0v) is 12.0. The van der Waals surface area contributed by atoms with Crippen molar-refractivity contribution >= 4 is 15.0 Å². The van der Waals surface area contributed by atoms with E-state index in [9.17, 15) is 9.90 Å². The van der Waals surface area contributed by atoms with Crippen LogP contribution in [0.3, 0.4) is 0 Å². The Kier molecular flexibility index (Phi) is 4.15. The highest BCUT2D eigenvalue weighted by Gasteiger charge is 2.42. The predicted molar refractivity (Wildman–Crippen MR) is 65.7 cm³/mol. The Bertz CT molecular complexity index is 262. The molecule has 5 heteroatoms. The van der Waals surface area contributed by atoms with Crippen molar-refractivity contribution in [1.29, 1.82) is 0 Å². The standard InChI is InChI=1S/C11H23NO3Si/c1-11(2,3)8-6-9(10(13)14)12(7-8)15-16(4)5/h8-9,16H,6-7H2,1-5H3,(H,13,14)/t8?,9-/m0/s1. The Morgan fingerprint density at radius 3 is 2.38 bits per heavy atom. The SMILES string of the molecule is C[SiH](C)ON1CC(C(C)(C)C)C[C@H]1C(=O)O. The maximum absolute atomic E-state index is 11.2. The number of carboxylic acid groups (broad SMARTS) is 1. The molecule has 0 aromatic rings. The van der Waals surface area contributed by atoms with Crippen molar-refractivity contribution in [3.63, 3.8) is 0 Å². The van der Waals surface area contributed by atoms with Crippen LogP contribution in [0.5, 0.6) is 0 Å². The zero-order chi connectivity index (χ0) is 12.5. The first-order valence-electron chi connectivity index (χ1n) is 5.88. The van der Waals surface area contributed by atoms with Gasteiger partial charge in [-0.1, -0.05) is 20.8 Å². The first-order chi connectivity index (χ1) is 7.21. The molecular weight excluding hydrogens is 222 g/mol. The molecule has 0 bridgehead atoms. The van der Waals surface area contributed by atoms with Crippen molar-refractivity contribution < 1.29 is 14.4 Å². The lowest BCUT2D eigenvalue weighted by Crippen LogP contribution is -2.38. The largest absolute Gasteiger partial charge is 0.480 e. The van der Waals surface area contributed by atoms with Gasteiger partial charge in [-0.25, -0.2) is 0 Å². The predicted octanol–water partition coefficient (Wildman–Crippen LogP) is 1.72. The second kappa shape index (κ2) is 4.85. The Labute approximate surface area is 99.3 Å². The minimum atomic E-state index is -1.22. The molecule has 0 spiro atoms. The number of carbonyl (C=O) groups is 1. The average Bonchev–Trinajstić information content (AvgIpc) is 2.45. The summed E-state index contributed by atoms with van der Waals surface area (Å²) in [6.45, 7) is 11.3. The Hall–Kier alpha value is -0.393. The highest BCUT2D eigenvalue weighted by molar-refractivity contribution is 6.48. The lowest BCUT2D eigenvalue weighted by molar-refractivity contribution is -0.155. The van der Waals surface area contributed by atoms with Crippen molar-refractivity contribution in [2.75, 3.05) is 6.54 Å². The third-order valence-electron chi connectivity index (χ3n) is 3.11. The summed E-state index contributed by atoms with van der Waals surface area (Å²) < 4.78 is 5.70. The molecule has 0 saturated carbocycles. The second-order valence-corrected chi connectivity index (χ2v) is 8.21. The van der Waals surface area contributed by atoms with Crippen LogP contribution in [0.15, 0.2) is 0 Å². The maximum atomic E-state index is 11.2. The van der Waals surface area contributed by atoms with Gasteiger partial charge in [0.2, 0.25) is 0 Å². The molecule has 2 atom stereocenters. The summed E-state index contributed by atoms with van der Waals surface area (Å²) in [5.41, 5.74) is 0.143. The van der Waals surface area contributed by atoms with Gasteiger partial charge in [-0.15, -0.1) is 0 Å². The lowest BCUT2D eigenvalue weighted by atomic mass is 9.79. The Morgan fingerprint density at radius 2 is 2.00 bits per heavy atom. The number of rotatable bonds is 3. The Morgan fingerprint density at radius 1 is 1.44 bits per heavy atom. The average molecular weight is 245 g/mol. The molecule has 1 aliphatic rings. The summed E-state index contributed by atoms with van der Waals surface area (Å²) >= 11 is 0. The van der Waals surface area contributed by atoms with Crippen LogP contribution in [0.1, 0.15) is 27.2 Å². The van der Waals surface area contributed by atoms with Gasteiger partial charge in [-0.3, -0.25) is 4.79 Å². The van der Waals surface area contributed by atoms with Crippen LogP contribution in [0.4, 0.5) is 0 Å². The molecule has 0 aliphatic carbocycles. The smallest absolute Gasteiger partial charge is 0.323 e. The van der Waals surface area contributed by atoms with Gasteiger partial charge in [-0.2, -0.15) is 5.06 Å². The highest BCUT2D eigenvalue weighted by Crippen LogP contribution is 2.37. The molecule has 1 heterocycles. The monoisotopic (exact) mass is 245 g/mol. The van der Waals surface area contributed by atoms with Gasteiger partial charge >= 0.3 is 5.97 Å². The molecule has 16 heavy (non-hydrogen) atoms. The van der Waals surface area contributed by atoms with Crippen molar-refractivity contribution in [2.45, 2.75) is 46.3 Å². The summed E-state index contributed by atoms with van der Waals surface area (Å²) in [5, 5.41) is 10.9. The van der Waals surface area contributed by atoms with Gasteiger partial charge in [-0.05, 0) is 30.8 Å². The van der Waals surface area contributed by atoms with Crippen molar-refractivity contribution in [3.8, 4) is 0 Å². The van der Waals surface area contributed by atoms with E-state index in [-0.39, 0.29) is 5.41 Å². The second-order valence-electron chi connectivity index (χ2n) is 5.91. The molecular formula is C11H23NO3Si. The molecule has 0 radical (unpaired) electrons. The van der Waals surface area contributed by atoms with Gasteiger partial charge < -0.3 is 9.63 Å². The summed E-state index contributed by atoms with van der Waals surface area (Å²) in [6.07, 6.45) is 0.694. The van der Waals surface area contributed by atoms with E-state index in [1.807, 2.05) is 0 Å². The number of hydroxylamine groups is 2. The van der Waals surface area contributed by atoms with Crippen LogP contribution in [-0.2, 0) is 9.32 Å². The van der Waals surface area contributed by atoms with Gasteiger partial charge in [0.15, 0.2) is 9.04 Å². The van der Waals surface area contributed by atoms with Crippen molar-refractivity contribution in [1.82, 2.24) is 5.06 Å². The van der Waals surface area contributed by atoms with E-state index in [1.54, 1.807) is 5.06 Å². The molecule has 0 amide bonds.